The summed E-state index contributed by atoms with van der Waals surface area (Å²) < 4.78 is 0. The summed E-state index contributed by atoms with van der Waals surface area (Å²) in [6.45, 7) is 5.26. The van der Waals surface area contributed by atoms with Crippen LogP contribution in [0.25, 0.3) is 0 Å². The Morgan fingerprint density at radius 1 is 1.40 bits per heavy atom. The van der Waals surface area contributed by atoms with E-state index in [1.165, 1.54) is 19.4 Å². The Kier molecular flexibility index (Phi) is 3.46. The van der Waals surface area contributed by atoms with Gasteiger partial charge in [-0.15, -0.1) is 0 Å². The monoisotopic (exact) mass is 211 g/mol. The highest BCUT2D eigenvalue weighted by atomic mass is 16.2. The number of urea groups is 1. The van der Waals surface area contributed by atoms with Gasteiger partial charge in [-0.25, -0.2) is 4.79 Å². The zero-order valence-corrected chi connectivity index (χ0v) is 9.46. The number of likely N-dealkylation sites (tertiary alicyclic amines) is 1. The van der Waals surface area contributed by atoms with Gasteiger partial charge in [0.25, 0.3) is 0 Å². The second-order valence-corrected chi connectivity index (χ2v) is 4.55. The lowest BCUT2D eigenvalue weighted by Crippen LogP contribution is -2.44. The molecule has 0 bridgehead atoms. The summed E-state index contributed by atoms with van der Waals surface area (Å²) in [6, 6.07) is 1.02. The first-order chi connectivity index (χ1) is 7.29. The molecule has 1 saturated heterocycles. The fraction of sp³-hybridized carbons (Fsp3) is 0.909. The number of nitrogens with one attached hydrogen (secondary N) is 2. The van der Waals surface area contributed by atoms with Crippen LogP contribution in [0.1, 0.15) is 32.6 Å². The maximum atomic E-state index is 11.4. The number of carbonyl (C=O) groups is 1. The van der Waals surface area contributed by atoms with Crippen molar-refractivity contribution < 1.29 is 4.79 Å². The molecule has 0 aromatic rings. The zero-order chi connectivity index (χ0) is 10.7. The van der Waals surface area contributed by atoms with Crippen molar-refractivity contribution in [2.24, 2.45) is 0 Å². The highest BCUT2D eigenvalue weighted by molar-refractivity contribution is 5.74. The SMILES string of the molecule is CCN1CCC[C@@H]1CNC(=O)NC1CC1. The van der Waals surface area contributed by atoms with Crippen molar-refractivity contribution in [2.45, 2.75) is 44.7 Å². The van der Waals surface area contributed by atoms with E-state index in [0.717, 1.165) is 25.9 Å². The van der Waals surface area contributed by atoms with Gasteiger partial charge in [0.2, 0.25) is 0 Å². The average Bonchev–Trinajstić information content (AvgIpc) is 2.92. The normalized spacial score (nSPS) is 26.6. The van der Waals surface area contributed by atoms with Gasteiger partial charge in [-0.1, -0.05) is 6.92 Å². The first kappa shape index (κ1) is 10.7. The van der Waals surface area contributed by atoms with E-state index < -0.39 is 0 Å². The number of hydrogen-bond acceptors (Lipinski definition) is 2. The molecule has 1 aliphatic carbocycles. The lowest BCUT2D eigenvalue weighted by atomic mass is 10.2. The Morgan fingerprint density at radius 2 is 2.20 bits per heavy atom. The predicted octanol–water partition coefficient (Wildman–Crippen LogP) is 0.932. The standard InChI is InChI=1S/C11H21N3O/c1-2-14-7-3-4-10(14)8-12-11(15)13-9-5-6-9/h9-10H,2-8H2,1H3,(H2,12,13,15)/t10-/m1/s1. The first-order valence-corrected chi connectivity index (χ1v) is 6.08. The van der Waals surface area contributed by atoms with E-state index >= 15 is 0 Å². The van der Waals surface area contributed by atoms with Crippen molar-refractivity contribution in [3.05, 3.63) is 0 Å². The lowest BCUT2D eigenvalue weighted by Gasteiger charge is -2.22. The van der Waals surface area contributed by atoms with Crippen LogP contribution in [0.5, 0.6) is 0 Å². The molecule has 0 unspecified atom stereocenters. The molecular formula is C11H21N3O. The van der Waals surface area contributed by atoms with E-state index in [0.29, 0.717) is 12.1 Å². The summed E-state index contributed by atoms with van der Waals surface area (Å²) in [7, 11) is 0. The first-order valence-electron chi connectivity index (χ1n) is 6.08. The molecule has 1 saturated carbocycles. The predicted molar refractivity (Wildman–Crippen MR) is 59.8 cm³/mol. The van der Waals surface area contributed by atoms with Gasteiger partial charge in [-0.05, 0) is 38.8 Å². The van der Waals surface area contributed by atoms with Gasteiger partial charge < -0.3 is 10.6 Å². The Hall–Kier alpha value is -0.770. The third-order valence-corrected chi connectivity index (χ3v) is 3.32. The molecule has 4 nitrogen and oxygen atoms in total. The number of rotatable bonds is 4. The van der Waals surface area contributed by atoms with E-state index in [1.54, 1.807) is 0 Å². The van der Waals surface area contributed by atoms with Crippen molar-refractivity contribution in [1.29, 1.82) is 0 Å². The van der Waals surface area contributed by atoms with E-state index in [9.17, 15) is 4.79 Å². The molecule has 86 valence electrons. The van der Waals surface area contributed by atoms with Crippen LogP contribution < -0.4 is 10.6 Å². The topological polar surface area (TPSA) is 44.4 Å². The van der Waals surface area contributed by atoms with Crippen molar-refractivity contribution >= 4 is 6.03 Å². The van der Waals surface area contributed by atoms with Gasteiger partial charge in [0.1, 0.15) is 0 Å². The fourth-order valence-electron chi connectivity index (χ4n) is 2.22. The molecule has 15 heavy (non-hydrogen) atoms. The molecule has 0 aromatic carbocycles. The number of likely N-dealkylation sites (N-methyl/N-ethyl adjacent to an activating group) is 1. The number of carbonyl (C=O) groups excluding carboxylic acids is 1. The van der Waals surface area contributed by atoms with E-state index in [2.05, 4.69) is 22.5 Å². The molecular weight excluding hydrogens is 190 g/mol. The summed E-state index contributed by atoms with van der Waals surface area (Å²) in [4.78, 5) is 13.8. The lowest BCUT2D eigenvalue weighted by molar-refractivity contribution is 0.228. The maximum absolute atomic E-state index is 11.4. The summed E-state index contributed by atoms with van der Waals surface area (Å²) in [5, 5.41) is 5.91. The molecule has 1 atom stereocenters. The van der Waals surface area contributed by atoms with Crippen LogP contribution in [0.4, 0.5) is 4.79 Å². The Balaban J connectivity index is 1.65. The Labute approximate surface area is 91.4 Å². The van der Waals surface area contributed by atoms with Crippen molar-refractivity contribution in [2.75, 3.05) is 19.6 Å². The summed E-state index contributed by atoms with van der Waals surface area (Å²) in [5.41, 5.74) is 0. The highest BCUT2D eigenvalue weighted by Crippen LogP contribution is 2.18. The fourth-order valence-corrected chi connectivity index (χ4v) is 2.22. The van der Waals surface area contributed by atoms with Gasteiger partial charge in [0.05, 0.1) is 0 Å². The molecule has 0 radical (unpaired) electrons. The average molecular weight is 211 g/mol. The van der Waals surface area contributed by atoms with Gasteiger partial charge >= 0.3 is 6.03 Å². The van der Waals surface area contributed by atoms with Crippen LogP contribution in [-0.2, 0) is 0 Å². The van der Waals surface area contributed by atoms with Crippen LogP contribution in [0.15, 0.2) is 0 Å². The minimum atomic E-state index is 0.0143. The second-order valence-electron chi connectivity index (χ2n) is 4.55. The molecule has 0 spiro atoms. The van der Waals surface area contributed by atoms with Crippen molar-refractivity contribution in [3.8, 4) is 0 Å². The van der Waals surface area contributed by atoms with Crippen LogP contribution in [0.3, 0.4) is 0 Å². The second kappa shape index (κ2) is 4.84. The molecule has 0 aromatic heterocycles. The smallest absolute Gasteiger partial charge is 0.315 e. The number of amides is 2. The van der Waals surface area contributed by atoms with Gasteiger partial charge in [-0.3, -0.25) is 4.90 Å². The number of hydrogen-bond donors (Lipinski definition) is 2. The van der Waals surface area contributed by atoms with Crippen LogP contribution in [-0.4, -0.2) is 42.6 Å². The largest absolute Gasteiger partial charge is 0.337 e. The van der Waals surface area contributed by atoms with Gasteiger partial charge in [-0.2, -0.15) is 0 Å². The number of nitrogens with zero attached hydrogens (tertiary/aromatic N) is 1. The van der Waals surface area contributed by atoms with E-state index in [4.69, 9.17) is 0 Å². The van der Waals surface area contributed by atoms with Gasteiger partial charge in [0, 0.05) is 18.6 Å². The quantitative estimate of drug-likeness (QED) is 0.726. The third-order valence-electron chi connectivity index (χ3n) is 3.32. The van der Waals surface area contributed by atoms with Crippen LogP contribution >= 0.6 is 0 Å². The molecule has 2 aliphatic rings. The molecule has 2 N–H and O–H groups in total. The molecule has 1 aliphatic heterocycles. The molecule has 2 fully saturated rings. The Bertz CT molecular complexity index is 228. The third kappa shape index (κ3) is 3.09. The zero-order valence-electron chi connectivity index (χ0n) is 9.46. The summed E-state index contributed by atoms with van der Waals surface area (Å²) in [5.74, 6) is 0. The molecule has 2 rings (SSSR count). The summed E-state index contributed by atoms with van der Waals surface area (Å²) in [6.07, 6.45) is 4.79. The van der Waals surface area contributed by atoms with Crippen molar-refractivity contribution in [1.82, 2.24) is 15.5 Å². The van der Waals surface area contributed by atoms with E-state index in [-0.39, 0.29) is 6.03 Å². The van der Waals surface area contributed by atoms with Crippen LogP contribution in [0.2, 0.25) is 0 Å². The molecule has 2 amide bonds. The molecule has 4 heteroatoms. The summed E-state index contributed by atoms with van der Waals surface area (Å²) >= 11 is 0. The Morgan fingerprint density at radius 3 is 2.87 bits per heavy atom. The minimum Gasteiger partial charge on any atom is -0.337 e. The maximum Gasteiger partial charge on any atom is 0.315 e. The molecule has 1 heterocycles. The highest BCUT2D eigenvalue weighted by Gasteiger charge is 2.25. The van der Waals surface area contributed by atoms with E-state index in [1.807, 2.05) is 0 Å². The van der Waals surface area contributed by atoms with Crippen LogP contribution in [0, 0.1) is 0 Å². The van der Waals surface area contributed by atoms with Crippen molar-refractivity contribution in [3.63, 3.8) is 0 Å². The van der Waals surface area contributed by atoms with Gasteiger partial charge in [0.15, 0.2) is 0 Å². The minimum absolute atomic E-state index is 0.0143.